The van der Waals surface area contributed by atoms with E-state index in [0.29, 0.717) is 122 Å². The highest BCUT2D eigenvalue weighted by Crippen LogP contribution is 2.29. The van der Waals surface area contributed by atoms with E-state index in [1.165, 1.54) is 20.8 Å². The summed E-state index contributed by atoms with van der Waals surface area (Å²) in [7, 11) is 7.90. The molecule has 0 bridgehead atoms. The molecule has 7 unspecified atom stereocenters. The van der Waals surface area contributed by atoms with Gasteiger partial charge in [-0.1, -0.05) is 86.3 Å². The molecule has 0 spiro atoms. The summed E-state index contributed by atoms with van der Waals surface area (Å²) in [6, 6.07) is 3.29. The van der Waals surface area contributed by atoms with Gasteiger partial charge in [0.05, 0.1) is 57.9 Å². The highest BCUT2D eigenvalue weighted by Gasteiger charge is 2.30. The predicted octanol–water partition coefficient (Wildman–Crippen LogP) is 10.6. The van der Waals surface area contributed by atoms with Gasteiger partial charge < -0.3 is 87.8 Å². The molecule has 0 saturated carbocycles. The highest BCUT2D eigenvalue weighted by atomic mass is 19.1. The zero-order chi connectivity index (χ0) is 78.5. The van der Waals surface area contributed by atoms with E-state index >= 15 is 0 Å². The van der Waals surface area contributed by atoms with Crippen LogP contribution in [0.25, 0.3) is 0 Å². The predicted molar refractivity (Wildman–Crippen MR) is 375 cm³/mol. The van der Waals surface area contributed by atoms with E-state index in [4.69, 9.17) is 50.8 Å². The summed E-state index contributed by atoms with van der Waals surface area (Å²) in [5.74, 6) is 1.44. The average molecular weight is 1470 g/mol. The van der Waals surface area contributed by atoms with Gasteiger partial charge in [0.1, 0.15) is 53.1 Å². The number of methoxy groups -OCH3 is 5. The van der Waals surface area contributed by atoms with Gasteiger partial charge in [-0.25, -0.2) is 13.2 Å². The minimum atomic E-state index is -1.29. The van der Waals surface area contributed by atoms with E-state index in [1.54, 1.807) is 54.6 Å². The normalized spacial score (nSPS) is 13.2. The van der Waals surface area contributed by atoms with E-state index in [2.05, 4.69) is 62.8 Å². The second-order valence-electron chi connectivity index (χ2n) is 25.1. The number of carbonyl (C=O) groups is 6. The number of aromatic nitrogens is 6. The second-order valence-corrected chi connectivity index (χ2v) is 25.1. The molecular weight excluding hydrogens is 1350 g/mol. The Labute approximate surface area is 602 Å². The molecule has 6 amide bonds. The molecule has 0 radical (unpaired) electrons. The first-order chi connectivity index (χ1) is 48.5. The Hall–Kier alpha value is -8.37. The van der Waals surface area contributed by atoms with Crippen LogP contribution in [0.15, 0.2) is 39.3 Å². The lowest BCUT2D eigenvalue weighted by atomic mass is 10.1. The van der Waals surface area contributed by atoms with E-state index < -0.39 is 42.0 Å². The van der Waals surface area contributed by atoms with Crippen LogP contribution in [-0.2, 0) is 62.2 Å². The summed E-state index contributed by atoms with van der Waals surface area (Å²) >= 11 is 0. The number of alkyl halides is 3. The van der Waals surface area contributed by atoms with Crippen molar-refractivity contribution in [1.82, 2.24) is 62.8 Å². The number of aryl methyl sites for hydroxylation is 6. The number of hydrogen-bond acceptors (Lipinski definition) is 24. The van der Waals surface area contributed by atoms with E-state index in [1.807, 2.05) is 104 Å². The molecule has 7 atom stereocenters. The van der Waals surface area contributed by atoms with Crippen LogP contribution in [0.3, 0.4) is 0 Å². The molecule has 0 aliphatic heterocycles. The van der Waals surface area contributed by atoms with Gasteiger partial charge in [-0.15, -0.1) is 0 Å². The first kappa shape index (κ1) is 92.6. The van der Waals surface area contributed by atoms with Crippen molar-refractivity contribution in [2.24, 2.45) is 5.92 Å². The third kappa shape index (κ3) is 31.6. The van der Waals surface area contributed by atoms with Gasteiger partial charge in [-0.2, -0.15) is 0 Å². The van der Waals surface area contributed by atoms with Crippen LogP contribution in [-0.4, -0.2) is 176 Å². The molecule has 6 heterocycles. The van der Waals surface area contributed by atoms with Crippen LogP contribution < -0.4 is 31.9 Å². The number of aliphatic hydroxyl groups is 1. The van der Waals surface area contributed by atoms with E-state index in [-0.39, 0.29) is 87.0 Å². The van der Waals surface area contributed by atoms with Gasteiger partial charge in [0.25, 0.3) is 35.4 Å². The topological polar surface area (TPSA) is 397 Å². The smallest absolute Gasteiger partial charge is 0.273 e. The largest absolute Gasteiger partial charge is 0.388 e. The molecule has 0 aliphatic rings. The summed E-state index contributed by atoms with van der Waals surface area (Å²) in [5, 5.41) is 47.8. The van der Waals surface area contributed by atoms with Gasteiger partial charge in [0.15, 0.2) is 34.2 Å². The van der Waals surface area contributed by atoms with Gasteiger partial charge in [-0.3, -0.25) is 28.8 Å². The first-order valence-electron chi connectivity index (χ1n) is 34.3. The minimum absolute atomic E-state index is 0.00787. The fraction of sp³-hybridized carbons (Fsp3) is 0.657. The van der Waals surface area contributed by atoms with Crippen molar-refractivity contribution in [3.63, 3.8) is 0 Å². The zero-order valence-electron chi connectivity index (χ0n) is 64.5. The van der Waals surface area contributed by atoms with Crippen molar-refractivity contribution < 1.29 is 97.9 Å². The zero-order valence-corrected chi connectivity index (χ0v) is 64.5. The van der Waals surface area contributed by atoms with Crippen LogP contribution in [0, 0.1) is 5.92 Å². The summed E-state index contributed by atoms with van der Waals surface area (Å²) in [6.07, 6.45) is -1.27. The molecule has 582 valence electrons. The van der Waals surface area contributed by atoms with Crippen molar-refractivity contribution in [2.75, 3.05) is 74.8 Å². The number of halogens is 3. The van der Waals surface area contributed by atoms with Gasteiger partial charge >= 0.3 is 0 Å². The Balaban J connectivity index is 0.000000619. The molecule has 6 aromatic rings. The highest BCUT2D eigenvalue weighted by molar-refractivity contribution is 5.96. The summed E-state index contributed by atoms with van der Waals surface area (Å²) < 4.78 is 95.9. The summed E-state index contributed by atoms with van der Waals surface area (Å²) in [5.41, 5.74) is 1.19. The summed E-state index contributed by atoms with van der Waals surface area (Å²) in [6.45, 7) is 36.3. The number of nitrogens with one attached hydrogen (secondary N) is 6. The number of nitrogens with zero attached hydrogens (tertiary/aromatic N) is 6. The maximum Gasteiger partial charge on any atom is 0.273 e. The number of aliphatic hydroxyl groups excluding tert-OH is 1. The summed E-state index contributed by atoms with van der Waals surface area (Å²) in [4.78, 5) is 70.7. The fourth-order valence-corrected chi connectivity index (χ4v) is 8.34. The Bertz CT molecular complexity index is 3380. The van der Waals surface area contributed by atoms with Crippen LogP contribution >= 0.6 is 0 Å². The van der Waals surface area contributed by atoms with Crippen molar-refractivity contribution >= 4 is 35.4 Å². The van der Waals surface area contributed by atoms with Crippen molar-refractivity contribution in [3.05, 3.63) is 103 Å². The quantitative estimate of drug-likeness (QED) is 0.0201. The van der Waals surface area contributed by atoms with Gasteiger partial charge in [0, 0.05) is 125 Å². The Kier molecular flexibility index (Phi) is 42.3. The molecule has 0 aromatic carbocycles. The number of hydrogen-bond donors (Lipinski definition) is 7. The third-order valence-corrected chi connectivity index (χ3v) is 15.2. The second kappa shape index (κ2) is 47.1. The lowest BCUT2D eigenvalue weighted by molar-refractivity contribution is 0.0227. The van der Waals surface area contributed by atoms with Crippen molar-refractivity contribution in [1.29, 1.82) is 0 Å². The van der Waals surface area contributed by atoms with Crippen LogP contribution in [0.1, 0.15) is 276 Å². The fourth-order valence-electron chi connectivity index (χ4n) is 8.34. The molecular formula is C70H113F3N12O18. The van der Waals surface area contributed by atoms with E-state index in [0.717, 1.165) is 12.8 Å². The lowest BCUT2D eigenvalue weighted by Gasteiger charge is -2.22. The molecule has 103 heavy (non-hydrogen) atoms. The Morgan fingerprint density at radius 3 is 0.913 bits per heavy atom. The number of amides is 6. The molecule has 6 rings (SSSR count). The van der Waals surface area contributed by atoms with Crippen LogP contribution in [0.2, 0.25) is 0 Å². The maximum absolute atomic E-state index is 13.6. The van der Waals surface area contributed by atoms with E-state index in [9.17, 15) is 47.0 Å². The Morgan fingerprint density at radius 1 is 0.398 bits per heavy atom. The molecule has 0 fully saturated rings. The first-order valence-corrected chi connectivity index (χ1v) is 34.3. The standard InChI is InChI=1S/C13H21FN2O3.C12H19FN2O3.C12H19FN2O2.C12H20N2O4.C11H18N2O3.C10H16N2O3/c1-6-9-10(8(2)14)11(16-19-9)12(17)15-7-13(3,4)18-5;1-5-9-10(8(3)13)11(15-18-9)12(16)14-6-7(2)17-4;1-5-9-10(8(4)13)11(15-17-9)12(16)14-6-7(2)3;1-5-9-10(8(3)15)11(14-18-9)12(16)13-6-7(2)17-4;1-5-8-6-9(13-16-8)10(14)12-7-11(2,3)15-4;1-4-8-5-9(12-15-8)10(13)11-6-7(2)14-3/h8H,6-7H2,1-5H3,(H,15,17);7-8H,5-6H2,1-4H3,(H,14,16);7-8H,5-6H2,1-4H3,(H,14,16);7-8,15H,5-6H2,1-4H3,(H,13,16);6H,5,7H2,1-4H3,(H,12,14);5,7H,4,6H2,1-3H3,(H,11,13). The lowest BCUT2D eigenvalue weighted by Crippen LogP contribution is -2.40. The number of rotatable bonds is 33. The maximum atomic E-state index is 13.6. The van der Waals surface area contributed by atoms with Gasteiger partial charge in [0.2, 0.25) is 0 Å². The minimum Gasteiger partial charge on any atom is -0.388 e. The number of carbonyl (C=O) groups excluding carboxylic acids is 6. The number of ether oxygens (including phenoxy) is 5. The SMILES string of the molecule is CCc1cc(C(=O)NCC(C)(C)OC)no1.CCc1cc(C(=O)NCC(C)OC)no1.CCc1onc(C(=O)NCC(C)(C)OC)c1C(C)F.CCc1onc(C(=O)NCC(C)C)c1C(C)F.CCc1onc(C(=O)NCC(C)OC)c1C(C)F.CCc1onc(C(=O)NCC(C)OC)c1C(C)O. The Morgan fingerprint density at radius 2 is 0.660 bits per heavy atom. The average Bonchev–Trinajstić information content (AvgIpc) is 1.70. The monoisotopic (exact) mass is 1470 g/mol. The molecule has 7 N–H and O–H groups in total. The molecule has 33 heteroatoms. The molecule has 0 saturated heterocycles. The molecule has 6 aromatic heterocycles. The molecule has 0 aliphatic carbocycles. The third-order valence-electron chi connectivity index (χ3n) is 15.2. The van der Waals surface area contributed by atoms with Crippen LogP contribution in [0.5, 0.6) is 0 Å². The van der Waals surface area contributed by atoms with Crippen molar-refractivity contribution in [2.45, 2.75) is 224 Å². The van der Waals surface area contributed by atoms with Crippen molar-refractivity contribution in [3.8, 4) is 0 Å². The van der Waals surface area contributed by atoms with Crippen LogP contribution in [0.4, 0.5) is 13.2 Å². The molecule has 30 nitrogen and oxygen atoms in total. The van der Waals surface area contributed by atoms with Gasteiger partial charge in [-0.05, 0) is 82.1 Å².